The van der Waals surface area contributed by atoms with Crippen molar-refractivity contribution >= 4 is 28.5 Å². The number of halogens is 1. The van der Waals surface area contributed by atoms with Gasteiger partial charge in [0.1, 0.15) is 35.4 Å². The molecule has 0 bridgehead atoms. The molecule has 9 nitrogen and oxygen atoms in total. The molecular weight excluding hydrogens is 489 g/mol. The minimum Gasteiger partial charge on any atom is -0.497 e. The number of amides is 2. The fourth-order valence-electron chi connectivity index (χ4n) is 4.17. The van der Waals surface area contributed by atoms with Crippen molar-refractivity contribution < 1.29 is 23.5 Å². The van der Waals surface area contributed by atoms with Crippen molar-refractivity contribution in [3.05, 3.63) is 78.1 Å². The molecule has 0 saturated carbocycles. The molecule has 0 spiro atoms. The Kier molecular flexibility index (Phi) is 7.61. The summed E-state index contributed by atoms with van der Waals surface area (Å²) in [5.41, 5.74) is 0.902. The van der Waals surface area contributed by atoms with Gasteiger partial charge in [0.2, 0.25) is 11.8 Å². The van der Waals surface area contributed by atoms with E-state index in [9.17, 15) is 9.59 Å². The number of ether oxygens (including phenoxy) is 2. The molecule has 1 aromatic heterocycles. The van der Waals surface area contributed by atoms with Crippen LogP contribution in [0, 0.1) is 5.82 Å². The Morgan fingerprint density at radius 1 is 1.03 bits per heavy atom. The van der Waals surface area contributed by atoms with Crippen molar-refractivity contribution in [2.24, 2.45) is 0 Å². The van der Waals surface area contributed by atoms with Gasteiger partial charge in [0.25, 0.3) is 0 Å². The zero-order chi connectivity index (χ0) is 27.4. The maximum absolute atomic E-state index is 15.3. The largest absolute Gasteiger partial charge is 0.497 e. The lowest BCUT2D eigenvalue weighted by molar-refractivity contribution is -0.128. The Labute approximate surface area is 220 Å². The number of rotatable bonds is 8. The molecule has 0 fully saturated rings. The van der Waals surface area contributed by atoms with Gasteiger partial charge in [0, 0.05) is 17.2 Å². The highest BCUT2D eigenvalue weighted by molar-refractivity contribution is 6.02. The summed E-state index contributed by atoms with van der Waals surface area (Å²) >= 11 is 0. The number of hydrogen-bond acceptors (Lipinski definition) is 6. The summed E-state index contributed by atoms with van der Waals surface area (Å²) in [5.74, 6) is -0.954. The average Bonchev–Trinajstić information content (AvgIpc) is 3.29. The van der Waals surface area contributed by atoms with Crippen LogP contribution < -0.4 is 19.7 Å². The molecule has 1 atom stereocenters. The van der Waals surface area contributed by atoms with Gasteiger partial charge < -0.3 is 14.8 Å². The molecule has 3 aromatic carbocycles. The van der Waals surface area contributed by atoms with E-state index in [1.54, 1.807) is 36.4 Å². The van der Waals surface area contributed by atoms with E-state index in [0.717, 1.165) is 0 Å². The lowest BCUT2D eigenvalue weighted by atomic mass is 10.00. The summed E-state index contributed by atoms with van der Waals surface area (Å²) in [5, 5.41) is 11.1. The molecular formula is C28H30FN5O4. The zero-order valence-corrected chi connectivity index (χ0v) is 21.9. The fourth-order valence-corrected chi connectivity index (χ4v) is 4.17. The molecule has 10 heteroatoms. The molecule has 4 aromatic rings. The van der Waals surface area contributed by atoms with E-state index in [-0.39, 0.29) is 23.5 Å². The molecule has 0 aliphatic heterocycles. The first kappa shape index (κ1) is 26.6. The van der Waals surface area contributed by atoms with E-state index in [4.69, 9.17) is 9.47 Å². The van der Waals surface area contributed by atoms with Gasteiger partial charge in [-0.3, -0.25) is 14.5 Å². The minimum atomic E-state index is -1.36. The Hall–Kier alpha value is -4.47. The number of hydrogen-bond donors (Lipinski definition) is 1. The van der Waals surface area contributed by atoms with E-state index in [1.807, 2.05) is 32.9 Å². The van der Waals surface area contributed by atoms with Crippen LogP contribution in [0.25, 0.3) is 11.0 Å². The molecule has 198 valence electrons. The second-order valence-corrected chi connectivity index (χ2v) is 9.70. The number of methoxy groups -OCH3 is 2. The van der Waals surface area contributed by atoms with Gasteiger partial charge in [0.15, 0.2) is 0 Å². The summed E-state index contributed by atoms with van der Waals surface area (Å²) in [6, 6.07) is 16.6. The summed E-state index contributed by atoms with van der Waals surface area (Å²) in [7, 11) is 2.95. The first-order chi connectivity index (χ1) is 18.1. The van der Waals surface area contributed by atoms with Crippen molar-refractivity contribution in [3.63, 3.8) is 0 Å². The number of carbonyl (C=O) groups excluding carboxylic acids is 2. The van der Waals surface area contributed by atoms with Crippen LogP contribution in [0.5, 0.6) is 11.5 Å². The third kappa shape index (κ3) is 5.59. The minimum absolute atomic E-state index is 0.0314. The van der Waals surface area contributed by atoms with Crippen LogP contribution >= 0.6 is 0 Å². The van der Waals surface area contributed by atoms with Crippen molar-refractivity contribution in [1.29, 1.82) is 0 Å². The third-order valence-corrected chi connectivity index (χ3v) is 5.82. The molecule has 2 amide bonds. The van der Waals surface area contributed by atoms with Crippen molar-refractivity contribution in [1.82, 2.24) is 20.3 Å². The normalized spacial score (nSPS) is 12.2. The van der Waals surface area contributed by atoms with Gasteiger partial charge in [-0.2, -0.15) is 0 Å². The maximum atomic E-state index is 15.3. The van der Waals surface area contributed by atoms with E-state index < -0.39 is 29.2 Å². The first-order valence-electron chi connectivity index (χ1n) is 12.0. The molecule has 1 N–H and O–H groups in total. The smallest absolute Gasteiger partial charge is 0.249 e. The Balaban J connectivity index is 1.90. The van der Waals surface area contributed by atoms with Crippen LogP contribution in [0.15, 0.2) is 66.7 Å². The number of anilines is 1. The predicted molar refractivity (Wildman–Crippen MR) is 142 cm³/mol. The Morgan fingerprint density at radius 3 is 2.42 bits per heavy atom. The van der Waals surface area contributed by atoms with Crippen LogP contribution in [-0.4, -0.2) is 46.6 Å². The maximum Gasteiger partial charge on any atom is 0.249 e. The van der Waals surface area contributed by atoms with Crippen molar-refractivity contribution in [3.8, 4) is 11.5 Å². The highest BCUT2D eigenvalue weighted by Crippen LogP contribution is 2.38. The van der Waals surface area contributed by atoms with E-state index in [0.29, 0.717) is 16.8 Å². The van der Waals surface area contributed by atoms with Gasteiger partial charge in [-0.1, -0.05) is 35.5 Å². The lowest BCUT2D eigenvalue weighted by Crippen LogP contribution is -2.50. The van der Waals surface area contributed by atoms with Gasteiger partial charge in [-0.05, 0) is 51.1 Å². The predicted octanol–water partition coefficient (Wildman–Crippen LogP) is 4.28. The van der Waals surface area contributed by atoms with Gasteiger partial charge in [-0.15, -0.1) is 5.10 Å². The van der Waals surface area contributed by atoms with Crippen molar-refractivity contribution in [2.45, 2.75) is 38.9 Å². The number of nitrogens with one attached hydrogen (secondary N) is 1. The SMILES string of the molecule is COc1ccc(N(C(=O)Cn2nnc3ccccc32)[C@@H](C(=O)NC(C)(C)C)c2ccccc2F)c(OC)c1. The number of aromatic nitrogens is 3. The van der Waals surface area contributed by atoms with Crippen LogP contribution in [0.3, 0.4) is 0 Å². The summed E-state index contributed by atoms with van der Waals surface area (Å²) in [6.07, 6.45) is 0. The quantitative estimate of drug-likeness (QED) is 0.373. The zero-order valence-electron chi connectivity index (χ0n) is 21.9. The Bertz CT molecular complexity index is 1460. The third-order valence-electron chi connectivity index (χ3n) is 5.82. The summed E-state index contributed by atoms with van der Waals surface area (Å²) in [4.78, 5) is 29.2. The van der Waals surface area contributed by atoms with Gasteiger partial charge >= 0.3 is 0 Å². The molecule has 0 aliphatic carbocycles. The van der Waals surface area contributed by atoms with Crippen LogP contribution in [-0.2, 0) is 16.1 Å². The molecule has 0 unspecified atom stereocenters. The number of carbonyl (C=O) groups is 2. The second-order valence-electron chi connectivity index (χ2n) is 9.70. The highest BCUT2D eigenvalue weighted by Gasteiger charge is 2.37. The van der Waals surface area contributed by atoms with Crippen molar-refractivity contribution in [2.75, 3.05) is 19.1 Å². The molecule has 0 aliphatic rings. The number of para-hydroxylation sites is 1. The monoisotopic (exact) mass is 519 g/mol. The topological polar surface area (TPSA) is 98.6 Å². The van der Waals surface area contributed by atoms with E-state index in [2.05, 4.69) is 15.6 Å². The van der Waals surface area contributed by atoms with E-state index in [1.165, 1.54) is 42.0 Å². The summed E-state index contributed by atoms with van der Waals surface area (Å²) in [6.45, 7) is 5.17. The molecule has 1 heterocycles. The first-order valence-corrected chi connectivity index (χ1v) is 12.0. The summed E-state index contributed by atoms with van der Waals surface area (Å²) < 4.78 is 27.6. The number of fused-ring (bicyclic) bond motifs is 1. The molecule has 0 saturated heterocycles. The standard InChI is InChI=1S/C28H30FN5O4/c1-28(2,3)30-27(36)26(19-10-6-7-11-20(19)29)34(23-15-14-18(37-4)16-24(23)38-5)25(35)17-33-22-13-9-8-12-21(22)31-32-33/h6-16,26H,17H2,1-5H3,(H,30,36)/t26-/m1/s1. The molecule has 4 rings (SSSR count). The second kappa shape index (κ2) is 10.9. The van der Waals surface area contributed by atoms with Crippen LogP contribution in [0.1, 0.15) is 32.4 Å². The van der Waals surface area contributed by atoms with Crippen LogP contribution in [0.4, 0.5) is 10.1 Å². The fraction of sp³-hybridized carbons (Fsp3) is 0.286. The molecule has 0 radical (unpaired) electrons. The number of benzene rings is 3. The van der Waals surface area contributed by atoms with E-state index >= 15 is 4.39 Å². The average molecular weight is 520 g/mol. The molecule has 38 heavy (non-hydrogen) atoms. The van der Waals surface area contributed by atoms with Crippen LogP contribution in [0.2, 0.25) is 0 Å². The number of nitrogens with zero attached hydrogens (tertiary/aromatic N) is 4. The van der Waals surface area contributed by atoms with Gasteiger partial charge in [0.05, 0.1) is 25.4 Å². The Morgan fingerprint density at radius 2 is 1.74 bits per heavy atom. The van der Waals surface area contributed by atoms with Gasteiger partial charge in [-0.25, -0.2) is 9.07 Å². The highest BCUT2D eigenvalue weighted by atomic mass is 19.1. The lowest BCUT2D eigenvalue weighted by Gasteiger charge is -2.34.